The number of amides is 3. The lowest BCUT2D eigenvalue weighted by atomic mass is 9.62. The van der Waals surface area contributed by atoms with Crippen LogP contribution in [0.25, 0.3) is 10.8 Å². The second-order valence-corrected chi connectivity index (χ2v) is 11.6. The van der Waals surface area contributed by atoms with Crippen LogP contribution in [-0.4, -0.2) is 83.2 Å². The number of aliphatic hydroxyl groups excluding tert-OH is 1. The summed E-state index contributed by atoms with van der Waals surface area (Å²) in [7, 11) is 1.70. The number of hydrogen-bond donors (Lipinski definition) is 1. The van der Waals surface area contributed by atoms with Crippen molar-refractivity contribution in [2.75, 3.05) is 38.2 Å². The summed E-state index contributed by atoms with van der Waals surface area (Å²) in [6, 6.07) is 12.8. The zero-order valence-corrected chi connectivity index (χ0v) is 23.6. The summed E-state index contributed by atoms with van der Waals surface area (Å²) < 4.78 is 6.82. The molecule has 3 saturated heterocycles. The fourth-order valence-electron chi connectivity index (χ4n) is 7.34. The topological polar surface area (TPSA) is 90.4 Å². The van der Waals surface area contributed by atoms with E-state index in [4.69, 9.17) is 4.74 Å². The minimum atomic E-state index is -1.15. The number of ether oxygens (including phenoxy) is 1. The molecule has 8 nitrogen and oxygen atoms in total. The number of carbonyl (C=O) groups is 3. The van der Waals surface area contributed by atoms with E-state index >= 15 is 0 Å². The molecular formula is C32H39N3O5. The second-order valence-electron chi connectivity index (χ2n) is 11.6. The highest BCUT2D eigenvalue weighted by atomic mass is 16.5. The molecule has 212 valence electrons. The molecule has 3 aliphatic heterocycles. The van der Waals surface area contributed by atoms with Gasteiger partial charge in [-0.2, -0.15) is 0 Å². The normalized spacial score (nSPS) is 30.4. The summed E-state index contributed by atoms with van der Waals surface area (Å²) in [4.78, 5) is 47.5. The van der Waals surface area contributed by atoms with E-state index < -0.39 is 29.1 Å². The van der Waals surface area contributed by atoms with E-state index in [1.807, 2.05) is 56.3 Å². The highest BCUT2D eigenvalue weighted by Gasteiger charge is 2.80. The van der Waals surface area contributed by atoms with Crippen LogP contribution < -0.4 is 4.90 Å². The summed E-state index contributed by atoms with van der Waals surface area (Å²) in [6.07, 6.45) is 4.13. The number of likely N-dealkylation sites (tertiary alicyclic amines) is 1. The molecule has 0 aromatic heterocycles. The molecule has 2 bridgehead atoms. The lowest BCUT2D eigenvalue weighted by molar-refractivity contribution is -0.150. The Morgan fingerprint density at radius 1 is 1.12 bits per heavy atom. The molecule has 3 unspecified atom stereocenters. The van der Waals surface area contributed by atoms with Crippen molar-refractivity contribution < 1.29 is 24.2 Å². The van der Waals surface area contributed by atoms with Crippen molar-refractivity contribution in [3.05, 3.63) is 67.8 Å². The molecule has 8 heteroatoms. The van der Waals surface area contributed by atoms with Crippen molar-refractivity contribution in [3.8, 4) is 0 Å². The van der Waals surface area contributed by atoms with E-state index in [0.29, 0.717) is 25.1 Å². The van der Waals surface area contributed by atoms with Gasteiger partial charge in [-0.1, -0.05) is 49.4 Å². The summed E-state index contributed by atoms with van der Waals surface area (Å²) in [6.45, 7) is 12.3. The number of benzene rings is 2. The van der Waals surface area contributed by atoms with Crippen LogP contribution in [0.3, 0.4) is 0 Å². The quantitative estimate of drug-likeness (QED) is 0.463. The van der Waals surface area contributed by atoms with Gasteiger partial charge in [-0.3, -0.25) is 14.4 Å². The maximum absolute atomic E-state index is 14.7. The molecule has 0 aliphatic carbocycles. The first-order valence-electron chi connectivity index (χ1n) is 14.0. The van der Waals surface area contributed by atoms with Crippen LogP contribution in [-0.2, 0) is 19.1 Å². The van der Waals surface area contributed by atoms with E-state index in [9.17, 15) is 19.5 Å². The summed E-state index contributed by atoms with van der Waals surface area (Å²) >= 11 is 0. The van der Waals surface area contributed by atoms with Crippen LogP contribution in [0, 0.1) is 17.8 Å². The van der Waals surface area contributed by atoms with Crippen LogP contribution in [0.1, 0.15) is 26.7 Å². The average molecular weight is 546 g/mol. The van der Waals surface area contributed by atoms with Crippen molar-refractivity contribution in [1.29, 1.82) is 0 Å². The van der Waals surface area contributed by atoms with Crippen LogP contribution >= 0.6 is 0 Å². The Bertz CT molecular complexity index is 1360. The van der Waals surface area contributed by atoms with Crippen molar-refractivity contribution in [1.82, 2.24) is 9.80 Å². The molecular weight excluding hydrogens is 506 g/mol. The molecule has 1 spiro atoms. The zero-order valence-electron chi connectivity index (χ0n) is 23.6. The number of carbonyl (C=O) groups excluding carboxylic acids is 3. The molecule has 2 aromatic carbocycles. The second kappa shape index (κ2) is 10.5. The first-order chi connectivity index (χ1) is 19.1. The smallest absolute Gasteiger partial charge is 0.253 e. The Balaban J connectivity index is 1.61. The fourth-order valence-corrected chi connectivity index (χ4v) is 7.34. The summed E-state index contributed by atoms with van der Waals surface area (Å²) in [5, 5.41) is 11.7. The summed E-state index contributed by atoms with van der Waals surface area (Å²) in [5.41, 5.74) is -1.34. The number of rotatable bonds is 10. The Hall–Kier alpha value is -3.49. The van der Waals surface area contributed by atoms with Gasteiger partial charge in [-0.15, -0.1) is 13.2 Å². The number of likely N-dealkylation sites (N-methyl/N-ethyl adjacent to an activating group) is 1. The monoisotopic (exact) mass is 545 g/mol. The Kier molecular flexibility index (Phi) is 7.35. The lowest BCUT2D eigenvalue weighted by Crippen LogP contribution is -2.57. The van der Waals surface area contributed by atoms with Gasteiger partial charge < -0.3 is 24.5 Å². The third-order valence-electron chi connectivity index (χ3n) is 9.27. The standard InChI is InChI=1S/C32H39N3O5/c1-6-15-33(5)28(37)25-26-29(38)35(17-10-18-36)27(32(26)20-21(3)31(25,4)40-32)30(39)34(16-7-2)24-14-13-22-11-8-9-12-23(22)19-24/h6-9,11-14,19,21,25-27,36H,1-2,10,15-18,20H2,3-5H3/t21?,25-,26-,27?,31+,32?/m0/s1. The maximum Gasteiger partial charge on any atom is 0.253 e. The van der Waals surface area contributed by atoms with Crippen LogP contribution in [0.5, 0.6) is 0 Å². The van der Waals surface area contributed by atoms with Gasteiger partial charge in [0.05, 0.1) is 17.4 Å². The zero-order chi connectivity index (χ0) is 28.8. The van der Waals surface area contributed by atoms with Gasteiger partial charge >= 0.3 is 0 Å². The van der Waals surface area contributed by atoms with Gasteiger partial charge in [0.2, 0.25) is 11.8 Å². The van der Waals surface area contributed by atoms with E-state index in [1.54, 1.807) is 33.9 Å². The van der Waals surface area contributed by atoms with Crippen molar-refractivity contribution >= 4 is 34.2 Å². The third kappa shape index (κ3) is 4.08. The molecule has 40 heavy (non-hydrogen) atoms. The maximum atomic E-state index is 14.7. The molecule has 5 rings (SSSR count). The predicted molar refractivity (Wildman–Crippen MR) is 155 cm³/mol. The van der Waals surface area contributed by atoms with Crippen LogP contribution in [0.2, 0.25) is 0 Å². The molecule has 6 atom stereocenters. The minimum Gasteiger partial charge on any atom is -0.396 e. The highest BCUT2D eigenvalue weighted by Crippen LogP contribution is 2.65. The van der Waals surface area contributed by atoms with Crippen LogP contribution in [0.4, 0.5) is 5.69 Å². The molecule has 0 radical (unpaired) electrons. The Morgan fingerprint density at radius 3 is 2.50 bits per heavy atom. The first kappa shape index (κ1) is 28.1. The number of aliphatic hydroxyl groups is 1. The molecule has 0 saturated carbocycles. The minimum absolute atomic E-state index is 0.0516. The van der Waals surface area contributed by atoms with Crippen molar-refractivity contribution in [2.24, 2.45) is 17.8 Å². The fraction of sp³-hybridized carbons (Fsp3) is 0.469. The van der Waals surface area contributed by atoms with E-state index in [1.165, 1.54) is 0 Å². The summed E-state index contributed by atoms with van der Waals surface area (Å²) in [5.74, 6) is -2.27. The van der Waals surface area contributed by atoms with E-state index in [2.05, 4.69) is 13.2 Å². The van der Waals surface area contributed by atoms with Gasteiger partial charge in [-0.25, -0.2) is 0 Å². The van der Waals surface area contributed by atoms with Gasteiger partial charge in [-0.05, 0) is 48.6 Å². The number of anilines is 1. The molecule has 3 aliphatic rings. The van der Waals surface area contributed by atoms with Crippen LogP contribution in [0.15, 0.2) is 67.8 Å². The molecule has 3 fully saturated rings. The average Bonchev–Trinajstić information content (AvgIpc) is 3.45. The largest absolute Gasteiger partial charge is 0.396 e. The Morgan fingerprint density at radius 2 is 1.82 bits per heavy atom. The van der Waals surface area contributed by atoms with Crippen molar-refractivity contribution in [2.45, 2.75) is 43.9 Å². The van der Waals surface area contributed by atoms with Crippen molar-refractivity contribution in [3.63, 3.8) is 0 Å². The van der Waals surface area contributed by atoms with Gasteiger partial charge in [0.25, 0.3) is 5.91 Å². The van der Waals surface area contributed by atoms with E-state index in [-0.39, 0.29) is 43.3 Å². The molecule has 3 heterocycles. The molecule has 2 aromatic rings. The number of fused-ring (bicyclic) bond motifs is 2. The van der Waals surface area contributed by atoms with E-state index in [0.717, 1.165) is 10.8 Å². The number of nitrogens with zero attached hydrogens (tertiary/aromatic N) is 3. The predicted octanol–water partition coefficient (Wildman–Crippen LogP) is 3.40. The molecule has 3 amide bonds. The SMILES string of the molecule is C=CCN(C)C(=O)[C@@H]1[C@H]2C(=O)N(CCCO)C(C(=O)N(CC=C)c3ccc4ccccc4c3)C23CC(C)[C@@]1(C)O3. The van der Waals surface area contributed by atoms with Gasteiger partial charge in [0.1, 0.15) is 11.6 Å². The molecule has 1 N–H and O–H groups in total. The number of hydrogen-bond acceptors (Lipinski definition) is 5. The Labute approximate surface area is 235 Å². The van der Waals surface area contributed by atoms with Gasteiger partial charge in [0.15, 0.2) is 0 Å². The lowest BCUT2D eigenvalue weighted by Gasteiger charge is -2.38. The highest BCUT2D eigenvalue weighted by molar-refractivity contribution is 6.06. The van der Waals surface area contributed by atoms with Gasteiger partial charge in [0, 0.05) is 39.0 Å². The third-order valence-corrected chi connectivity index (χ3v) is 9.27. The first-order valence-corrected chi connectivity index (χ1v) is 14.0.